The van der Waals surface area contributed by atoms with Gasteiger partial charge in [-0.3, -0.25) is 24.9 Å². The van der Waals surface area contributed by atoms with Crippen molar-refractivity contribution in [2.24, 2.45) is 13.0 Å². The molecule has 0 saturated carbocycles. The number of nitro benzene ring substituents is 2. The van der Waals surface area contributed by atoms with E-state index < -0.39 is 16.5 Å². The van der Waals surface area contributed by atoms with Gasteiger partial charge in [0.25, 0.3) is 5.69 Å². The van der Waals surface area contributed by atoms with Crippen LogP contribution < -0.4 is 4.90 Å². The SMILES string of the molecule is Cc1c(CO)cc([N+](=O)[O-])c(N2CCC(Cc3cnn(C)c3)C2)c1[N+](=O)[O-]. The molecule has 1 aromatic heterocycles. The highest BCUT2D eigenvalue weighted by Gasteiger charge is 2.37. The van der Waals surface area contributed by atoms with Gasteiger partial charge in [-0.2, -0.15) is 5.10 Å². The van der Waals surface area contributed by atoms with Crippen LogP contribution in [0.5, 0.6) is 0 Å². The standard InChI is InChI=1S/C17H21N5O5/c1-11-14(10-23)6-15(21(24)25)17(16(11)22(26)27)20-4-3-12(9-20)5-13-7-18-19(2)8-13/h6-8,12,23H,3-5,9-10H2,1-2H3. The molecular weight excluding hydrogens is 354 g/mol. The summed E-state index contributed by atoms with van der Waals surface area (Å²) >= 11 is 0. The van der Waals surface area contributed by atoms with Gasteiger partial charge in [-0.25, -0.2) is 0 Å². The second kappa shape index (κ2) is 7.31. The Morgan fingerprint density at radius 2 is 2.07 bits per heavy atom. The molecule has 1 aliphatic rings. The lowest BCUT2D eigenvalue weighted by Crippen LogP contribution is -2.23. The summed E-state index contributed by atoms with van der Waals surface area (Å²) in [5.74, 6) is 0.228. The zero-order valence-electron chi connectivity index (χ0n) is 15.2. The molecule has 0 radical (unpaired) electrons. The average molecular weight is 375 g/mol. The third-order valence-corrected chi connectivity index (χ3v) is 5.05. The van der Waals surface area contributed by atoms with Gasteiger partial charge in [0.2, 0.25) is 0 Å². The quantitative estimate of drug-likeness (QED) is 0.605. The second-order valence-corrected chi connectivity index (χ2v) is 6.88. The zero-order valence-corrected chi connectivity index (χ0v) is 15.2. The van der Waals surface area contributed by atoms with Crippen LogP contribution in [0, 0.1) is 33.1 Å². The van der Waals surface area contributed by atoms with E-state index in [2.05, 4.69) is 5.10 Å². The van der Waals surface area contributed by atoms with E-state index in [1.807, 2.05) is 13.2 Å². The van der Waals surface area contributed by atoms with Crippen LogP contribution >= 0.6 is 0 Å². The van der Waals surface area contributed by atoms with Crippen molar-refractivity contribution in [3.05, 3.63) is 55.4 Å². The summed E-state index contributed by atoms with van der Waals surface area (Å²) < 4.78 is 1.72. The molecule has 1 saturated heterocycles. The average Bonchev–Trinajstić information content (AvgIpc) is 3.23. The number of nitro groups is 2. The van der Waals surface area contributed by atoms with Gasteiger partial charge < -0.3 is 10.0 Å². The molecule has 0 amide bonds. The first-order valence-electron chi connectivity index (χ1n) is 8.60. The highest BCUT2D eigenvalue weighted by molar-refractivity contribution is 5.79. The topological polar surface area (TPSA) is 128 Å². The Morgan fingerprint density at radius 1 is 1.33 bits per heavy atom. The van der Waals surface area contributed by atoms with Crippen molar-refractivity contribution >= 4 is 17.1 Å². The maximum Gasteiger partial charge on any atom is 0.302 e. The minimum absolute atomic E-state index is 0.0355. The minimum Gasteiger partial charge on any atom is -0.392 e. The predicted molar refractivity (Wildman–Crippen MR) is 97.6 cm³/mol. The highest BCUT2D eigenvalue weighted by Crippen LogP contribution is 2.43. The minimum atomic E-state index is -0.616. The molecule has 2 heterocycles. The maximum atomic E-state index is 11.7. The molecule has 0 aliphatic carbocycles. The number of hydrogen-bond acceptors (Lipinski definition) is 7. The fourth-order valence-electron chi connectivity index (χ4n) is 3.74. The van der Waals surface area contributed by atoms with Crippen molar-refractivity contribution in [2.45, 2.75) is 26.4 Å². The Morgan fingerprint density at radius 3 is 2.63 bits per heavy atom. The largest absolute Gasteiger partial charge is 0.392 e. The van der Waals surface area contributed by atoms with E-state index in [0.29, 0.717) is 13.1 Å². The fourth-order valence-corrected chi connectivity index (χ4v) is 3.74. The van der Waals surface area contributed by atoms with Gasteiger partial charge in [-0.05, 0) is 36.8 Å². The number of anilines is 1. The summed E-state index contributed by atoms with van der Waals surface area (Å²) in [5, 5.41) is 36.8. The summed E-state index contributed by atoms with van der Waals surface area (Å²) in [6, 6.07) is 1.24. The number of aryl methyl sites for hydroxylation is 1. The van der Waals surface area contributed by atoms with Crippen LogP contribution in [0.15, 0.2) is 18.5 Å². The summed E-state index contributed by atoms with van der Waals surface area (Å²) in [6.07, 6.45) is 5.26. The van der Waals surface area contributed by atoms with E-state index in [1.54, 1.807) is 15.8 Å². The molecular formula is C17H21N5O5. The molecule has 144 valence electrons. The summed E-state index contributed by atoms with van der Waals surface area (Å²) in [5.41, 5.74) is 0.935. The third kappa shape index (κ3) is 3.61. The number of aromatic nitrogens is 2. The van der Waals surface area contributed by atoms with E-state index >= 15 is 0 Å². The first-order valence-corrected chi connectivity index (χ1v) is 8.60. The van der Waals surface area contributed by atoms with Gasteiger partial charge in [0.1, 0.15) is 0 Å². The van der Waals surface area contributed by atoms with E-state index in [4.69, 9.17) is 0 Å². The molecule has 10 heteroatoms. The fraction of sp³-hybridized carbons (Fsp3) is 0.471. The zero-order chi connectivity index (χ0) is 19.7. The normalized spacial score (nSPS) is 16.7. The Kier molecular flexibility index (Phi) is 5.08. The number of benzene rings is 1. The summed E-state index contributed by atoms with van der Waals surface area (Å²) in [7, 11) is 1.84. The lowest BCUT2D eigenvalue weighted by atomic mass is 10.0. The molecule has 3 rings (SSSR count). The van der Waals surface area contributed by atoms with Gasteiger partial charge in [-0.15, -0.1) is 0 Å². The molecule has 2 aromatic rings. The van der Waals surface area contributed by atoms with Gasteiger partial charge in [0.15, 0.2) is 5.69 Å². The number of hydrogen-bond donors (Lipinski definition) is 1. The van der Waals surface area contributed by atoms with Crippen molar-refractivity contribution in [1.29, 1.82) is 0 Å². The lowest BCUT2D eigenvalue weighted by molar-refractivity contribution is -0.393. The van der Waals surface area contributed by atoms with E-state index in [-0.39, 0.29) is 34.1 Å². The summed E-state index contributed by atoms with van der Waals surface area (Å²) in [4.78, 5) is 23.8. The predicted octanol–water partition coefficient (Wildman–Crippen LogP) is 2.11. The number of aliphatic hydroxyl groups excluding tert-OH is 1. The molecule has 10 nitrogen and oxygen atoms in total. The number of nitrogens with zero attached hydrogens (tertiary/aromatic N) is 5. The second-order valence-electron chi connectivity index (χ2n) is 6.88. The van der Waals surface area contributed by atoms with Gasteiger partial charge in [0, 0.05) is 38.0 Å². The van der Waals surface area contributed by atoms with Crippen molar-refractivity contribution in [3.63, 3.8) is 0 Å². The lowest BCUT2D eigenvalue weighted by Gasteiger charge is -2.20. The molecule has 1 N–H and O–H groups in total. The Balaban J connectivity index is 1.96. The molecule has 1 unspecified atom stereocenters. The van der Waals surface area contributed by atoms with Gasteiger partial charge >= 0.3 is 5.69 Å². The monoisotopic (exact) mass is 375 g/mol. The molecule has 0 spiro atoms. The highest BCUT2D eigenvalue weighted by atomic mass is 16.6. The first-order chi connectivity index (χ1) is 12.8. The van der Waals surface area contributed by atoms with E-state index in [0.717, 1.165) is 18.4 Å². The molecule has 27 heavy (non-hydrogen) atoms. The number of aliphatic hydroxyl groups is 1. The van der Waals surface area contributed by atoms with Crippen molar-refractivity contribution in [2.75, 3.05) is 18.0 Å². The van der Waals surface area contributed by atoms with Crippen LogP contribution in [0.25, 0.3) is 0 Å². The Hall–Kier alpha value is -3.01. The molecule has 1 aromatic carbocycles. The molecule has 1 aliphatic heterocycles. The maximum absolute atomic E-state index is 11.7. The molecule has 1 atom stereocenters. The number of rotatable bonds is 6. The molecule has 0 bridgehead atoms. The first kappa shape index (κ1) is 18.8. The van der Waals surface area contributed by atoms with Crippen LogP contribution in [0.4, 0.5) is 17.1 Å². The van der Waals surface area contributed by atoms with Crippen LogP contribution in [-0.4, -0.2) is 37.8 Å². The van der Waals surface area contributed by atoms with Gasteiger partial charge in [0.05, 0.1) is 22.7 Å². The van der Waals surface area contributed by atoms with Crippen LogP contribution in [0.1, 0.15) is 23.1 Å². The summed E-state index contributed by atoms with van der Waals surface area (Å²) in [6.45, 7) is 2.02. The third-order valence-electron chi connectivity index (χ3n) is 5.05. The van der Waals surface area contributed by atoms with Crippen molar-refractivity contribution in [3.8, 4) is 0 Å². The Bertz CT molecular complexity index is 894. The Labute approximate surface area is 155 Å². The van der Waals surface area contributed by atoms with E-state index in [1.165, 1.54) is 13.0 Å². The van der Waals surface area contributed by atoms with Crippen LogP contribution in [0.2, 0.25) is 0 Å². The van der Waals surface area contributed by atoms with Crippen LogP contribution in [0.3, 0.4) is 0 Å². The van der Waals surface area contributed by atoms with E-state index in [9.17, 15) is 25.3 Å². The van der Waals surface area contributed by atoms with Crippen molar-refractivity contribution < 1.29 is 15.0 Å². The van der Waals surface area contributed by atoms with Crippen molar-refractivity contribution in [1.82, 2.24) is 9.78 Å². The van der Waals surface area contributed by atoms with Crippen LogP contribution in [-0.2, 0) is 20.1 Å². The van der Waals surface area contributed by atoms with Gasteiger partial charge in [-0.1, -0.05) is 0 Å². The smallest absolute Gasteiger partial charge is 0.302 e. The molecule has 1 fully saturated rings.